The molecule has 1 fully saturated rings. The molecule has 0 bridgehead atoms. The van der Waals surface area contributed by atoms with Gasteiger partial charge in [0.15, 0.2) is 0 Å². The minimum absolute atomic E-state index is 0.177. The number of aromatic nitrogens is 2. The molecule has 1 saturated heterocycles. The second-order valence-electron chi connectivity index (χ2n) is 3.53. The van der Waals surface area contributed by atoms with Gasteiger partial charge in [-0.05, 0) is 0 Å². The van der Waals surface area contributed by atoms with Crippen LogP contribution in [0, 0.1) is 5.92 Å². The summed E-state index contributed by atoms with van der Waals surface area (Å²) < 4.78 is 5.08. The molecule has 0 saturated carbocycles. The number of anilines is 1. The first kappa shape index (κ1) is 10.6. The molecule has 2 atom stereocenters. The van der Waals surface area contributed by atoms with Gasteiger partial charge in [0.25, 0.3) is 5.56 Å². The molecule has 86 valence electrons. The highest BCUT2D eigenvalue weighted by Crippen LogP contribution is 2.17. The molecule has 2 rings (SSSR count). The molecule has 2 unspecified atom stereocenters. The number of rotatable bonds is 3. The molecule has 3 N–H and O–H groups in total. The second-order valence-corrected chi connectivity index (χ2v) is 3.53. The Morgan fingerprint density at radius 2 is 2.44 bits per heavy atom. The number of carboxylic acids is 1. The summed E-state index contributed by atoms with van der Waals surface area (Å²) in [6.45, 7) is 0.474. The zero-order valence-electron chi connectivity index (χ0n) is 8.34. The summed E-state index contributed by atoms with van der Waals surface area (Å²) in [5, 5.41) is 11.8. The van der Waals surface area contributed by atoms with Crippen molar-refractivity contribution in [1.82, 2.24) is 9.97 Å². The largest absolute Gasteiger partial charge is 0.481 e. The van der Waals surface area contributed by atoms with Crippen LogP contribution in [0.1, 0.15) is 0 Å². The van der Waals surface area contributed by atoms with E-state index in [1.807, 2.05) is 0 Å². The van der Waals surface area contributed by atoms with E-state index in [9.17, 15) is 9.59 Å². The number of hydrogen-bond acceptors (Lipinski definition) is 5. The topological polar surface area (TPSA) is 104 Å². The highest BCUT2D eigenvalue weighted by molar-refractivity contribution is 5.72. The van der Waals surface area contributed by atoms with E-state index < -0.39 is 11.9 Å². The summed E-state index contributed by atoms with van der Waals surface area (Å²) in [7, 11) is 0. The minimum atomic E-state index is -0.917. The van der Waals surface area contributed by atoms with Crippen LogP contribution < -0.4 is 10.9 Å². The second kappa shape index (κ2) is 4.31. The fraction of sp³-hybridized carbons (Fsp3) is 0.444. The van der Waals surface area contributed by atoms with Crippen molar-refractivity contribution in [3.8, 4) is 0 Å². The van der Waals surface area contributed by atoms with Crippen molar-refractivity contribution in [1.29, 1.82) is 0 Å². The van der Waals surface area contributed by atoms with E-state index in [0.717, 1.165) is 0 Å². The van der Waals surface area contributed by atoms with Crippen LogP contribution in [-0.2, 0) is 9.53 Å². The molecule has 0 radical (unpaired) electrons. The molecule has 1 aliphatic heterocycles. The normalized spacial score (nSPS) is 24.2. The highest BCUT2D eigenvalue weighted by atomic mass is 16.5. The van der Waals surface area contributed by atoms with Gasteiger partial charge in [0.1, 0.15) is 11.7 Å². The van der Waals surface area contributed by atoms with Gasteiger partial charge < -0.3 is 20.1 Å². The van der Waals surface area contributed by atoms with E-state index >= 15 is 0 Å². The maximum atomic E-state index is 11.0. The lowest BCUT2D eigenvalue weighted by atomic mass is 10.0. The Labute approximate surface area is 90.5 Å². The quantitative estimate of drug-likeness (QED) is 0.627. The van der Waals surface area contributed by atoms with E-state index in [1.54, 1.807) is 0 Å². The average Bonchev–Trinajstić information content (AvgIpc) is 2.66. The SMILES string of the molecule is O=C(O)C1COCC1Nc1cc(=O)[nH]cn1. The van der Waals surface area contributed by atoms with Gasteiger partial charge >= 0.3 is 5.97 Å². The van der Waals surface area contributed by atoms with Crippen LogP contribution in [0.2, 0.25) is 0 Å². The van der Waals surface area contributed by atoms with Gasteiger partial charge in [-0.2, -0.15) is 0 Å². The number of ether oxygens (including phenoxy) is 1. The average molecular weight is 225 g/mol. The van der Waals surface area contributed by atoms with Crippen molar-refractivity contribution in [2.45, 2.75) is 6.04 Å². The molecule has 7 nitrogen and oxygen atoms in total. The molecule has 7 heteroatoms. The number of aliphatic carboxylic acids is 1. The number of nitrogens with one attached hydrogen (secondary N) is 2. The molecule has 0 aliphatic carbocycles. The number of nitrogens with zero attached hydrogens (tertiary/aromatic N) is 1. The summed E-state index contributed by atoms with van der Waals surface area (Å²) in [4.78, 5) is 28.1. The van der Waals surface area contributed by atoms with E-state index in [4.69, 9.17) is 9.84 Å². The van der Waals surface area contributed by atoms with Gasteiger partial charge in [0.05, 0.1) is 25.6 Å². The van der Waals surface area contributed by atoms with Crippen LogP contribution >= 0.6 is 0 Å². The van der Waals surface area contributed by atoms with Crippen LogP contribution in [0.4, 0.5) is 5.82 Å². The molecule has 1 aromatic rings. The number of carbonyl (C=O) groups is 1. The van der Waals surface area contributed by atoms with Gasteiger partial charge in [-0.3, -0.25) is 9.59 Å². The highest BCUT2D eigenvalue weighted by Gasteiger charge is 2.34. The van der Waals surface area contributed by atoms with Gasteiger partial charge in [-0.1, -0.05) is 0 Å². The van der Waals surface area contributed by atoms with Crippen molar-refractivity contribution >= 4 is 11.8 Å². The molecule has 2 heterocycles. The lowest BCUT2D eigenvalue weighted by molar-refractivity contribution is -0.141. The lowest BCUT2D eigenvalue weighted by Crippen LogP contribution is -2.33. The Morgan fingerprint density at radius 3 is 3.12 bits per heavy atom. The molecule has 0 amide bonds. The van der Waals surface area contributed by atoms with E-state index in [2.05, 4.69) is 15.3 Å². The molecular weight excluding hydrogens is 214 g/mol. The Balaban J connectivity index is 2.09. The third kappa shape index (κ3) is 2.19. The smallest absolute Gasteiger partial charge is 0.311 e. The summed E-state index contributed by atoms with van der Waals surface area (Å²) in [5.74, 6) is -1.17. The van der Waals surface area contributed by atoms with E-state index in [0.29, 0.717) is 12.4 Å². The van der Waals surface area contributed by atoms with Gasteiger partial charge in [0, 0.05) is 6.07 Å². The van der Waals surface area contributed by atoms with Gasteiger partial charge in [-0.15, -0.1) is 0 Å². The third-order valence-electron chi connectivity index (χ3n) is 2.41. The zero-order valence-corrected chi connectivity index (χ0v) is 8.34. The van der Waals surface area contributed by atoms with Crippen molar-refractivity contribution < 1.29 is 14.6 Å². The summed E-state index contributed by atoms with van der Waals surface area (Å²) >= 11 is 0. The van der Waals surface area contributed by atoms with Crippen molar-refractivity contribution in [3.05, 3.63) is 22.7 Å². The molecule has 16 heavy (non-hydrogen) atoms. The number of carboxylic acid groups (broad SMARTS) is 1. The Bertz CT molecular complexity index is 444. The van der Waals surface area contributed by atoms with Gasteiger partial charge in [-0.25, -0.2) is 4.98 Å². The minimum Gasteiger partial charge on any atom is -0.481 e. The zero-order chi connectivity index (χ0) is 11.5. The van der Waals surface area contributed by atoms with Crippen LogP contribution in [-0.4, -0.2) is 40.3 Å². The summed E-state index contributed by atoms with van der Waals surface area (Å²) in [5.41, 5.74) is -0.289. The maximum Gasteiger partial charge on any atom is 0.311 e. The predicted molar refractivity (Wildman–Crippen MR) is 54.2 cm³/mol. The number of aromatic amines is 1. The molecular formula is C9H11N3O4. The fourth-order valence-electron chi connectivity index (χ4n) is 1.58. The van der Waals surface area contributed by atoms with Crippen molar-refractivity contribution in [2.75, 3.05) is 18.5 Å². The summed E-state index contributed by atoms with van der Waals surface area (Å²) in [6.07, 6.45) is 1.26. The Kier molecular flexibility index (Phi) is 2.86. The number of H-pyrrole nitrogens is 1. The first-order valence-electron chi connectivity index (χ1n) is 4.78. The van der Waals surface area contributed by atoms with Crippen molar-refractivity contribution in [3.63, 3.8) is 0 Å². The molecule has 0 spiro atoms. The Hall–Kier alpha value is -1.89. The first-order valence-corrected chi connectivity index (χ1v) is 4.78. The molecule has 0 aromatic carbocycles. The third-order valence-corrected chi connectivity index (χ3v) is 2.41. The Morgan fingerprint density at radius 1 is 1.62 bits per heavy atom. The maximum absolute atomic E-state index is 11.0. The van der Waals surface area contributed by atoms with E-state index in [1.165, 1.54) is 12.4 Å². The van der Waals surface area contributed by atoms with Crippen LogP contribution in [0.25, 0.3) is 0 Å². The van der Waals surface area contributed by atoms with Gasteiger partial charge in [0.2, 0.25) is 0 Å². The van der Waals surface area contributed by atoms with E-state index in [-0.39, 0.29) is 18.2 Å². The van der Waals surface area contributed by atoms with Crippen LogP contribution in [0.5, 0.6) is 0 Å². The summed E-state index contributed by atoms with van der Waals surface area (Å²) in [6, 6.07) is 0.920. The fourth-order valence-corrected chi connectivity index (χ4v) is 1.58. The predicted octanol–water partition coefficient (Wildman–Crippen LogP) is -0.719. The monoisotopic (exact) mass is 225 g/mol. The van der Waals surface area contributed by atoms with Crippen LogP contribution in [0.3, 0.4) is 0 Å². The molecule has 1 aliphatic rings. The van der Waals surface area contributed by atoms with Crippen molar-refractivity contribution in [2.24, 2.45) is 5.92 Å². The number of hydrogen-bond donors (Lipinski definition) is 3. The first-order chi connectivity index (χ1) is 7.66. The van der Waals surface area contributed by atoms with Crippen LogP contribution in [0.15, 0.2) is 17.2 Å². The lowest BCUT2D eigenvalue weighted by Gasteiger charge is -2.15. The standard InChI is InChI=1S/C9H11N3O4/c13-8-1-7(10-4-11-8)12-6-3-16-2-5(6)9(14)15/h1,4-6H,2-3H2,(H,14,15)(H2,10,11,12,13). The molecule has 1 aromatic heterocycles.